The number of halogens is 8. The molecular formula is C10H4Cl2F6N4. The first-order chi connectivity index (χ1) is 9.91. The van der Waals surface area contributed by atoms with Gasteiger partial charge in [0.1, 0.15) is 5.69 Å². The highest BCUT2D eigenvalue weighted by Crippen LogP contribution is 2.38. The van der Waals surface area contributed by atoms with E-state index in [1.807, 2.05) is 0 Å². The van der Waals surface area contributed by atoms with Crippen molar-refractivity contribution in [2.75, 3.05) is 5.73 Å². The van der Waals surface area contributed by atoms with Crippen molar-refractivity contribution in [2.45, 2.75) is 12.4 Å². The maximum atomic E-state index is 12.6. The van der Waals surface area contributed by atoms with Crippen molar-refractivity contribution >= 4 is 29.2 Å². The standard InChI is InChI=1S/C10H4Cl2F6N4/c11-4-1-3(9(13,14)15)2-5(12)6(4)22-8(19)20-7(21-22)10(16,17)18/h1-2H,(H2,19,20,21). The molecule has 0 saturated heterocycles. The summed E-state index contributed by atoms with van der Waals surface area (Å²) in [5, 5.41) is 1.91. The number of alkyl halides is 6. The van der Waals surface area contributed by atoms with Crippen molar-refractivity contribution in [1.29, 1.82) is 0 Å². The van der Waals surface area contributed by atoms with Crippen LogP contribution in [0.25, 0.3) is 5.69 Å². The second kappa shape index (κ2) is 5.20. The molecule has 0 saturated carbocycles. The van der Waals surface area contributed by atoms with Crippen molar-refractivity contribution in [3.05, 3.63) is 33.6 Å². The molecule has 0 spiro atoms. The van der Waals surface area contributed by atoms with Crippen LogP contribution >= 0.6 is 23.2 Å². The number of nitrogen functional groups attached to an aromatic ring is 1. The molecule has 120 valence electrons. The van der Waals surface area contributed by atoms with Gasteiger partial charge in [0, 0.05) is 0 Å². The number of anilines is 1. The van der Waals surface area contributed by atoms with Crippen LogP contribution in [0.1, 0.15) is 11.4 Å². The van der Waals surface area contributed by atoms with Crippen molar-refractivity contribution in [3.8, 4) is 5.69 Å². The van der Waals surface area contributed by atoms with E-state index in [1.54, 1.807) is 0 Å². The number of rotatable bonds is 1. The number of benzene rings is 1. The molecule has 0 unspecified atom stereocenters. The number of aromatic nitrogens is 3. The molecule has 2 rings (SSSR count). The lowest BCUT2D eigenvalue weighted by atomic mass is 10.2. The highest BCUT2D eigenvalue weighted by Gasteiger charge is 2.38. The molecule has 0 radical (unpaired) electrons. The van der Waals surface area contributed by atoms with Gasteiger partial charge in [-0.1, -0.05) is 23.2 Å². The van der Waals surface area contributed by atoms with E-state index in [0.717, 1.165) is 0 Å². The highest BCUT2D eigenvalue weighted by molar-refractivity contribution is 6.37. The Kier molecular flexibility index (Phi) is 3.94. The molecule has 0 amide bonds. The predicted octanol–water partition coefficient (Wildman–Crippen LogP) is 4.19. The zero-order valence-corrected chi connectivity index (χ0v) is 11.6. The molecule has 0 bridgehead atoms. The molecule has 0 aliphatic heterocycles. The predicted molar refractivity (Wildman–Crippen MR) is 65.8 cm³/mol. The van der Waals surface area contributed by atoms with E-state index < -0.39 is 45.4 Å². The first-order valence-corrected chi connectivity index (χ1v) is 6.03. The van der Waals surface area contributed by atoms with Crippen LogP contribution < -0.4 is 5.73 Å². The molecule has 2 aromatic rings. The minimum absolute atomic E-state index is 0.424. The summed E-state index contributed by atoms with van der Waals surface area (Å²) in [5.74, 6) is -2.30. The molecular weight excluding hydrogens is 361 g/mol. The Hall–Kier alpha value is -1.68. The zero-order chi connectivity index (χ0) is 16.9. The Morgan fingerprint density at radius 1 is 0.955 bits per heavy atom. The molecule has 22 heavy (non-hydrogen) atoms. The van der Waals surface area contributed by atoms with Crippen LogP contribution in [0.2, 0.25) is 10.0 Å². The van der Waals surface area contributed by atoms with Gasteiger partial charge in [0.05, 0.1) is 15.6 Å². The van der Waals surface area contributed by atoms with Gasteiger partial charge in [-0.25, -0.2) is 0 Å². The summed E-state index contributed by atoms with van der Waals surface area (Å²) in [6, 6.07) is 0.994. The summed E-state index contributed by atoms with van der Waals surface area (Å²) < 4.78 is 75.7. The van der Waals surface area contributed by atoms with Crippen LogP contribution in [0, 0.1) is 0 Å². The topological polar surface area (TPSA) is 56.7 Å². The van der Waals surface area contributed by atoms with Gasteiger partial charge in [-0.3, -0.25) is 0 Å². The van der Waals surface area contributed by atoms with E-state index in [9.17, 15) is 26.3 Å². The molecule has 2 N–H and O–H groups in total. The summed E-state index contributed by atoms with van der Waals surface area (Å²) in [5.41, 5.74) is 3.68. The third-order valence-corrected chi connectivity index (χ3v) is 3.02. The van der Waals surface area contributed by atoms with E-state index in [-0.39, 0.29) is 0 Å². The number of hydrogen-bond donors (Lipinski definition) is 1. The molecule has 0 fully saturated rings. The first kappa shape index (κ1) is 16.7. The largest absolute Gasteiger partial charge is 0.453 e. The Balaban J connectivity index is 2.62. The Morgan fingerprint density at radius 2 is 1.45 bits per heavy atom. The number of hydrogen-bond acceptors (Lipinski definition) is 3. The fourth-order valence-electron chi connectivity index (χ4n) is 1.54. The highest BCUT2D eigenvalue weighted by atomic mass is 35.5. The van der Waals surface area contributed by atoms with Crippen LogP contribution in [-0.4, -0.2) is 14.8 Å². The Labute approximate surface area is 128 Å². The number of nitrogens with two attached hydrogens (primary N) is 1. The fraction of sp³-hybridized carbons (Fsp3) is 0.200. The van der Waals surface area contributed by atoms with Crippen molar-refractivity contribution in [1.82, 2.24) is 14.8 Å². The lowest BCUT2D eigenvalue weighted by Crippen LogP contribution is -2.10. The average molecular weight is 365 g/mol. The van der Waals surface area contributed by atoms with Crippen LogP contribution in [-0.2, 0) is 12.4 Å². The summed E-state index contributed by atoms with van der Waals surface area (Å²) in [4.78, 5) is 2.98. The fourth-order valence-corrected chi connectivity index (χ4v) is 2.19. The third kappa shape index (κ3) is 3.07. The van der Waals surface area contributed by atoms with Gasteiger partial charge < -0.3 is 5.73 Å². The van der Waals surface area contributed by atoms with Crippen molar-refractivity contribution in [2.24, 2.45) is 0 Å². The lowest BCUT2D eigenvalue weighted by Gasteiger charge is -2.12. The van der Waals surface area contributed by atoms with Crippen LogP contribution in [0.5, 0.6) is 0 Å². The van der Waals surface area contributed by atoms with E-state index >= 15 is 0 Å². The maximum absolute atomic E-state index is 12.6. The van der Waals surface area contributed by atoms with Crippen molar-refractivity contribution < 1.29 is 26.3 Å². The molecule has 0 aliphatic carbocycles. The van der Waals surface area contributed by atoms with Gasteiger partial charge in [0.15, 0.2) is 0 Å². The molecule has 0 aliphatic rings. The molecule has 1 aromatic carbocycles. The van der Waals surface area contributed by atoms with Gasteiger partial charge in [-0.15, -0.1) is 5.10 Å². The minimum Gasteiger partial charge on any atom is -0.368 e. The SMILES string of the molecule is Nc1nc(C(F)(F)F)nn1-c1c(Cl)cc(C(F)(F)F)cc1Cl. The quantitative estimate of drug-likeness (QED) is 0.771. The van der Waals surface area contributed by atoms with Gasteiger partial charge >= 0.3 is 12.4 Å². The monoisotopic (exact) mass is 364 g/mol. The number of nitrogens with zero attached hydrogens (tertiary/aromatic N) is 3. The summed E-state index contributed by atoms with van der Waals surface area (Å²) >= 11 is 11.3. The van der Waals surface area contributed by atoms with Crippen LogP contribution in [0.15, 0.2) is 12.1 Å². The third-order valence-electron chi connectivity index (χ3n) is 2.44. The molecule has 0 atom stereocenters. The van der Waals surface area contributed by atoms with Gasteiger partial charge in [0.2, 0.25) is 5.95 Å². The van der Waals surface area contributed by atoms with Gasteiger partial charge in [0.25, 0.3) is 5.82 Å². The second-order valence-electron chi connectivity index (χ2n) is 3.99. The van der Waals surface area contributed by atoms with Crippen LogP contribution in [0.4, 0.5) is 32.3 Å². The molecule has 1 heterocycles. The summed E-state index contributed by atoms with van der Waals surface area (Å²) in [7, 11) is 0. The van der Waals surface area contributed by atoms with E-state index in [1.165, 1.54) is 0 Å². The summed E-state index contributed by atoms with van der Waals surface area (Å²) in [6.07, 6.45) is -9.61. The van der Waals surface area contributed by atoms with E-state index in [0.29, 0.717) is 16.8 Å². The summed E-state index contributed by atoms with van der Waals surface area (Å²) in [6.45, 7) is 0. The first-order valence-electron chi connectivity index (χ1n) is 5.27. The average Bonchev–Trinajstić information content (AvgIpc) is 2.69. The molecule has 12 heteroatoms. The van der Waals surface area contributed by atoms with E-state index in [4.69, 9.17) is 28.9 Å². The smallest absolute Gasteiger partial charge is 0.368 e. The van der Waals surface area contributed by atoms with Crippen molar-refractivity contribution in [3.63, 3.8) is 0 Å². The van der Waals surface area contributed by atoms with Gasteiger partial charge in [-0.05, 0) is 12.1 Å². The maximum Gasteiger partial charge on any atom is 0.453 e. The van der Waals surface area contributed by atoms with Crippen LogP contribution in [0.3, 0.4) is 0 Å². The Morgan fingerprint density at radius 3 is 1.82 bits per heavy atom. The lowest BCUT2D eigenvalue weighted by molar-refractivity contribution is -0.144. The normalized spacial score (nSPS) is 12.7. The van der Waals surface area contributed by atoms with Gasteiger partial charge in [-0.2, -0.15) is 36.0 Å². The van der Waals surface area contributed by atoms with E-state index in [2.05, 4.69) is 10.1 Å². The zero-order valence-electron chi connectivity index (χ0n) is 10.1. The second-order valence-corrected chi connectivity index (χ2v) is 4.80. The molecule has 1 aromatic heterocycles. The molecule has 4 nitrogen and oxygen atoms in total. The minimum atomic E-state index is -4.88. The Bertz CT molecular complexity index is 698.